The van der Waals surface area contributed by atoms with Gasteiger partial charge in [-0.05, 0) is 12.5 Å². The molecule has 1 aromatic carbocycles. The fourth-order valence-corrected chi connectivity index (χ4v) is 1.71. The molecule has 0 aliphatic carbocycles. The summed E-state index contributed by atoms with van der Waals surface area (Å²) in [5, 5.41) is 11.4. The number of ether oxygens (including phenoxy) is 1. The number of nitrogens with two attached hydrogens (primary N) is 1. The van der Waals surface area contributed by atoms with E-state index in [0.29, 0.717) is 5.56 Å². The minimum atomic E-state index is -1.48. The lowest BCUT2D eigenvalue weighted by Crippen LogP contribution is -2.48. The molecule has 0 heterocycles. The van der Waals surface area contributed by atoms with E-state index >= 15 is 0 Å². The molecule has 1 rings (SSSR count). The number of aliphatic carboxylic acids is 1. The van der Waals surface area contributed by atoms with Crippen LogP contribution in [0.25, 0.3) is 0 Å². The molecule has 0 aromatic heterocycles. The molecule has 21 heavy (non-hydrogen) atoms. The zero-order valence-electron chi connectivity index (χ0n) is 11.6. The second-order valence-electron chi connectivity index (χ2n) is 4.30. The molecule has 7 nitrogen and oxygen atoms in total. The zero-order chi connectivity index (χ0) is 15.8. The fourth-order valence-electron chi connectivity index (χ4n) is 1.71. The number of amides is 1. The minimum Gasteiger partial charge on any atom is -0.481 e. The third-order valence-corrected chi connectivity index (χ3v) is 2.72. The van der Waals surface area contributed by atoms with Crippen LogP contribution in [-0.4, -0.2) is 35.6 Å². The van der Waals surface area contributed by atoms with E-state index in [0.717, 1.165) is 0 Å². The molecule has 114 valence electrons. The molecule has 2 unspecified atom stereocenters. The predicted octanol–water partition coefficient (Wildman–Crippen LogP) is 0.209. The van der Waals surface area contributed by atoms with Crippen LogP contribution in [0.4, 0.5) is 0 Å². The third-order valence-electron chi connectivity index (χ3n) is 2.72. The van der Waals surface area contributed by atoms with E-state index in [-0.39, 0.29) is 13.0 Å². The molecular weight excluding hydrogens is 276 g/mol. The molecule has 2 atom stereocenters. The lowest BCUT2D eigenvalue weighted by atomic mass is 10.0. The van der Waals surface area contributed by atoms with Gasteiger partial charge in [0.05, 0.1) is 19.1 Å². The Hall–Kier alpha value is -2.41. The maximum Gasteiger partial charge on any atom is 0.332 e. The van der Waals surface area contributed by atoms with Crippen LogP contribution in [0.2, 0.25) is 0 Å². The minimum absolute atomic E-state index is 0.108. The Balaban J connectivity index is 2.79. The molecular formula is C14H18N2O5. The largest absolute Gasteiger partial charge is 0.481 e. The Morgan fingerprint density at radius 1 is 1.29 bits per heavy atom. The summed E-state index contributed by atoms with van der Waals surface area (Å²) in [6.07, 6.45) is -0.314. The SMILES string of the molecule is CCOC(=O)C(N)C(=O)NC(CC(=O)O)c1ccccc1. The lowest BCUT2D eigenvalue weighted by Gasteiger charge is -2.19. The van der Waals surface area contributed by atoms with Crippen molar-refractivity contribution in [2.45, 2.75) is 25.4 Å². The van der Waals surface area contributed by atoms with Gasteiger partial charge in [-0.25, -0.2) is 4.79 Å². The van der Waals surface area contributed by atoms with Crippen molar-refractivity contribution in [3.63, 3.8) is 0 Å². The normalized spacial score (nSPS) is 13.0. The Labute approximate surface area is 122 Å². The molecule has 1 amide bonds. The van der Waals surface area contributed by atoms with E-state index in [1.165, 1.54) is 0 Å². The molecule has 0 saturated heterocycles. The van der Waals surface area contributed by atoms with Crippen molar-refractivity contribution in [3.05, 3.63) is 35.9 Å². The first-order chi connectivity index (χ1) is 9.95. The highest BCUT2D eigenvalue weighted by atomic mass is 16.5. The number of nitrogens with one attached hydrogen (secondary N) is 1. The van der Waals surface area contributed by atoms with Gasteiger partial charge in [0.15, 0.2) is 6.04 Å². The number of benzene rings is 1. The van der Waals surface area contributed by atoms with E-state index in [4.69, 9.17) is 10.8 Å². The second kappa shape index (κ2) is 8.01. The molecule has 0 fully saturated rings. The van der Waals surface area contributed by atoms with Gasteiger partial charge in [-0.2, -0.15) is 0 Å². The standard InChI is InChI=1S/C14H18N2O5/c1-2-21-14(20)12(15)13(19)16-10(8-11(17)18)9-6-4-3-5-7-9/h3-7,10,12H,2,8,15H2,1H3,(H,16,19)(H,17,18). The van der Waals surface area contributed by atoms with Crippen LogP contribution in [0.15, 0.2) is 30.3 Å². The summed E-state index contributed by atoms with van der Waals surface area (Å²) in [4.78, 5) is 34.2. The van der Waals surface area contributed by atoms with Gasteiger partial charge in [0, 0.05) is 0 Å². The van der Waals surface area contributed by atoms with Crippen LogP contribution in [0, 0.1) is 0 Å². The number of esters is 1. The Bertz CT molecular complexity index is 503. The zero-order valence-corrected chi connectivity index (χ0v) is 11.6. The number of carboxylic acid groups (broad SMARTS) is 1. The van der Waals surface area contributed by atoms with E-state index < -0.39 is 29.9 Å². The highest BCUT2D eigenvalue weighted by molar-refractivity contribution is 6.01. The number of rotatable bonds is 7. The average molecular weight is 294 g/mol. The third kappa shape index (κ3) is 5.23. The van der Waals surface area contributed by atoms with Crippen LogP contribution < -0.4 is 11.1 Å². The highest BCUT2D eigenvalue weighted by Gasteiger charge is 2.27. The van der Waals surface area contributed by atoms with E-state index in [9.17, 15) is 14.4 Å². The first kappa shape index (κ1) is 16.6. The molecule has 0 spiro atoms. The van der Waals surface area contributed by atoms with Gasteiger partial charge in [0.25, 0.3) is 0 Å². The van der Waals surface area contributed by atoms with Crippen LogP contribution >= 0.6 is 0 Å². The topological polar surface area (TPSA) is 119 Å². The van der Waals surface area contributed by atoms with Gasteiger partial charge >= 0.3 is 11.9 Å². The number of carboxylic acids is 1. The van der Waals surface area contributed by atoms with Crippen LogP contribution in [0.1, 0.15) is 24.9 Å². The van der Waals surface area contributed by atoms with Crippen molar-refractivity contribution in [3.8, 4) is 0 Å². The number of hydrogen-bond acceptors (Lipinski definition) is 5. The monoisotopic (exact) mass is 294 g/mol. The molecule has 7 heteroatoms. The fraction of sp³-hybridized carbons (Fsp3) is 0.357. The van der Waals surface area contributed by atoms with Gasteiger partial charge in [-0.1, -0.05) is 30.3 Å². The Morgan fingerprint density at radius 3 is 2.43 bits per heavy atom. The number of carbonyl (C=O) groups excluding carboxylic acids is 2. The summed E-state index contributed by atoms with van der Waals surface area (Å²) in [7, 11) is 0. The van der Waals surface area contributed by atoms with Gasteiger partial charge in [0.2, 0.25) is 5.91 Å². The van der Waals surface area contributed by atoms with Crippen LogP contribution in [0.5, 0.6) is 0 Å². The van der Waals surface area contributed by atoms with E-state index in [2.05, 4.69) is 10.1 Å². The molecule has 0 aliphatic rings. The highest BCUT2D eigenvalue weighted by Crippen LogP contribution is 2.16. The number of carbonyl (C=O) groups is 3. The van der Waals surface area contributed by atoms with Crippen LogP contribution in [0.3, 0.4) is 0 Å². The van der Waals surface area contributed by atoms with Gasteiger partial charge < -0.3 is 20.9 Å². The maximum atomic E-state index is 11.9. The lowest BCUT2D eigenvalue weighted by molar-refractivity contribution is -0.148. The molecule has 4 N–H and O–H groups in total. The first-order valence-corrected chi connectivity index (χ1v) is 6.45. The average Bonchev–Trinajstić information content (AvgIpc) is 2.46. The number of hydrogen-bond donors (Lipinski definition) is 3. The molecule has 0 bridgehead atoms. The summed E-state index contributed by atoms with van der Waals surface area (Å²) in [5.74, 6) is -2.70. The van der Waals surface area contributed by atoms with Gasteiger partial charge in [-0.15, -0.1) is 0 Å². The Morgan fingerprint density at radius 2 is 1.90 bits per heavy atom. The summed E-state index contributed by atoms with van der Waals surface area (Å²) in [6.45, 7) is 1.71. The maximum absolute atomic E-state index is 11.9. The quantitative estimate of drug-likeness (QED) is 0.488. The summed E-state index contributed by atoms with van der Waals surface area (Å²) < 4.78 is 4.65. The van der Waals surface area contributed by atoms with Crippen molar-refractivity contribution in [2.75, 3.05) is 6.61 Å². The van der Waals surface area contributed by atoms with Gasteiger partial charge in [-0.3, -0.25) is 9.59 Å². The Kier molecular flexibility index (Phi) is 6.35. The van der Waals surface area contributed by atoms with Gasteiger partial charge in [0.1, 0.15) is 0 Å². The van der Waals surface area contributed by atoms with Crippen LogP contribution in [-0.2, 0) is 19.1 Å². The summed E-state index contributed by atoms with van der Waals surface area (Å²) in [5.41, 5.74) is 6.09. The van der Waals surface area contributed by atoms with E-state index in [1.54, 1.807) is 37.3 Å². The van der Waals surface area contributed by atoms with E-state index in [1.807, 2.05) is 0 Å². The molecule has 0 saturated carbocycles. The molecule has 0 aliphatic heterocycles. The first-order valence-electron chi connectivity index (χ1n) is 6.45. The van der Waals surface area contributed by atoms with Crippen molar-refractivity contribution in [2.24, 2.45) is 5.73 Å². The van der Waals surface area contributed by atoms with Crippen molar-refractivity contribution >= 4 is 17.8 Å². The van der Waals surface area contributed by atoms with Crippen molar-refractivity contribution < 1.29 is 24.2 Å². The van der Waals surface area contributed by atoms with Crippen molar-refractivity contribution in [1.82, 2.24) is 5.32 Å². The smallest absolute Gasteiger partial charge is 0.332 e. The predicted molar refractivity (Wildman–Crippen MR) is 74.2 cm³/mol. The summed E-state index contributed by atoms with van der Waals surface area (Å²) >= 11 is 0. The second-order valence-corrected chi connectivity index (χ2v) is 4.30. The molecule has 1 aromatic rings. The summed E-state index contributed by atoms with van der Waals surface area (Å²) in [6, 6.07) is 6.34. The van der Waals surface area contributed by atoms with Crippen molar-refractivity contribution in [1.29, 1.82) is 0 Å². The molecule has 0 radical (unpaired) electrons.